The second kappa shape index (κ2) is 4.54. The molecule has 1 unspecified atom stereocenters. The van der Waals surface area contributed by atoms with E-state index in [0.717, 1.165) is 0 Å². The van der Waals surface area contributed by atoms with Crippen molar-refractivity contribution in [1.82, 2.24) is 0 Å². The molecule has 1 rings (SSSR count). The van der Waals surface area contributed by atoms with Crippen LogP contribution in [0.3, 0.4) is 0 Å². The summed E-state index contributed by atoms with van der Waals surface area (Å²) in [6, 6.07) is 0.347. The fourth-order valence-electron chi connectivity index (χ4n) is 0.967. The largest absolute Gasteiger partial charge is 0.611 e. The Bertz CT molecular complexity index is 368. The van der Waals surface area contributed by atoms with Crippen molar-refractivity contribution in [2.24, 2.45) is 0 Å². The van der Waals surface area contributed by atoms with Crippen molar-refractivity contribution in [3.63, 3.8) is 0 Å². The zero-order valence-electron chi connectivity index (χ0n) is 7.45. The summed E-state index contributed by atoms with van der Waals surface area (Å²) in [5.74, 6) is -6.37. The minimum Gasteiger partial charge on any atom is -0.611 e. The van der Waals surface area contributed by atoms with Crippen LogP contribution in [0, 0.1) is 17.5 Å². The van der Waals surface area contributed by atoms with Gasteiger partial charge in [0.05, 0.1) is 0 Å². The van der Waals surface area contributed by atoms with Gasteiger partial charge in [0.25, 0.3) is 0 Å². The van der Waals surface area contributed by atoms with Crippen LogP contribution in [-0.2, 0) is 11.2 Å². The van der Waals surface area contributed by atoms with Gasteiger partial charge in [-0.1, -0.05) is 0 Å². The third-order valence-electron chi connectivity index (χ3n) is 1.49. The summed E-state index contributed by atoms with van der Waals surface area (Å²) in [7, 11) is 0. The second-order valence-electron chi connectivity index (χ2n) is 2.80. The second-order valence-corrected chi connectivity index (χ2v) is 4.19. The predicted octanol–water partition coefficient (Wildman–Crippen LogP) is 2.77. The molecule has 0 aliphatic heterocycles. The number of benzene rings is 1. The van der Waals surface area contributed by atoms with Gasteiger partial charge in [0, 0.05) is 23.3 Å². The SMILES string of the molecule is [O-][S+](CC(F)(F)F)c1c(F)cc(F)cc1F. The molecule has 0 spiro atoms. The average Bonchev–Trinajstić information content (AvgIpc) is 1.96. The molecule has 0 saturated carbocycles. The third-order valence-corrected chi connectivity index (χ3v) is 2.92. The predicted molar refractivity (Wildman–Crippen MR) is 43.6 cm³/mol. The third kappa shape index (κ3) is 3.31. The van der Waals surface area contributed by atoms with Crippen molar-refractivity contribution in [1.29, 1.82) is 0 Å². The van der Waals surface area contributed by atoms with Crippen molar-refractivity contribution in [3.05, 3.63) is 29.6 Å². The van der Waals surface area contributed by atoms with Crippen molar-refractivity contribution in [3.8, 4) is 0 Å². The minimum atomic E-state index is -4.82. The van der Waals surface area contributed by atoms with E-state index < -0.39 is 45.5 Å². The molecule has 0 aliphatic rings. The van der Waals surface area contributed by atoms with Gasteiger partial charge in [-0.05, 0) is 0 Å². The summed E-state index contributed by atoms with van der Waals surface area (Å²) in [6.07, 6.45) is -4.82. The minimum absolute atomic E-state index is 0.173. The summed E-state index contributed by atoms with van der Waals surface area (Å²) < 4.78 is 84.7. The standard InChI is InChI=1S/C8H4F6OS/c9-4-1-5(10)7(6(11)2-4)16(15)3-8(12,13)14/h1-2H,3H2. The molecule has 1 aromatic carbocycles. The molecule has 0 aromatic heterocycles. The zero-order chi connectivity index (χ0) is 12.5. The first-order valence-corrected chi connectivity index (χ1v) is 5.12. The van der Waals surface area contributed by atoms with E-state index in [9.17, 15) is 30.9 Å². The average molecular weight is 262 g/mol. The Kier molecular flexibility index (Phi) is 3.74. The highest BCUT2D eigenvalue weighted by molar-refractivity contribution is 7.91. The highest BCUT2D eigenvalue weighted by atomic mass is 32.2. The Morgan fingerprint density at radius 2 is 1.50 bits per heavy atom. The molecule has 0 N–H and O–H groups in total. The van der Waals surface area contributed by atoms with Gasteiger partial charge in [0.15, 0.2) is 11.6 Å². The normalized spacial score (nSPS) is 13.9. The molecule has 0 bridgehead atoms. The molecular formula is C8H4F6OS. The fraction of sp³-hybridized carbons (Fsp3) is 0.250. The lowest BCUT2D eigenvalue weighted by Crippen LogP contribution is -2.24. The van der Waals surface area contributed by atoms with Gasteiger partial charge >= 0.3 is 6.18 Å². The van der Waals surface area contributed by atoms with Gasteiger partial charge in [0.1, 0.15) is 5.82 Å². The molecule has 1 aromatic rings. The van der Waals surface area contributed by atoms with Crippen molar-refractivity contribution >= 4 is 11.2 Å². The maximum Gasteiger partial charge on any atom is 0.433 e. The quantitative estimate of drug-likeness (QED) is 0.593. The molecule has 0 radical (unpaired) electrons. The summed E-state index contributed by atoms with van der Waals surface area (Å²) >= 11 is -2.93. The summed E-state index contributed by atoms with van der Waals surface area (Å²) in [4.78, 5) is -1.27. The van der Waals surface area contributed by atoms with Crippen molar-refractivity contribution < 1.29 is 30.9 Å². The zero-order valence-corrected chi connectivity index (χ0v) is 8.26. The van der Waals surface area contributed by atoms with Crippen LogP contribution in [0.2, 0.25) is 0 Å². The lowest BCUT2D eigenvalue weighted by molar-refractivity contribution is -0.106. The molecule has 0 amide bonds. The Balaban J connectivity index is 3.04. The molecule has 0 heterocycles. The lowest BCUT2D eigenvalue weighted by Gasteiger charge is -2.13. The van der Waals surface area contributed by atoms with E-state index in [2.05, 4.69) is 0 Å². The maximum atomic E-state index is 12.9. The number of hydrogen-bond acceptors (Lipinski definition) is 1. The van der Waals surface area contributed by atoms with Crippen LogP contribution in [0.4, 0.5) is 26.3 Å². The molecule has 16 heavy (non-hydrogen) atoms. The maximum absolute atomic E-state index is 12.9. The van der Waals surface area contributed by atoms with E-state index in [1.54, 1.807) is 0 Å². The van der Waals surface area contributed by atoms with Crippen LogP contribution in [0.1, 0.15) is 0 Å². The molecule has 1 nitrogen and oxygen atoms in total. The smallest absolute Gasteiger partial charge is 0.433 e. The van der Waals surface area contributed by atoms with Gasteiger partial charge in [-0.3, -0.25) is 0 Å². The monoisotopic (exact) mass is 262 g/mol. The molecule has 90 valence electrons. The first-order chi connectivity index (χ1) is 7.20. The first kappa shape index (κ1) is 13.2. The number of halogens is 6. The van der Waals surface area contributed by atoms with E-state index >= 15 is 0 Å². The van der Waals surface area contributed by atoms with Crippen LogP contribution in [-0.4, -0.2) is 16.5 Å². The Hall–Kier alpha value is -0.890. The molecule has 8 heteroatoms. The number of hydrogen-bond donors (Lipinski definition) is 0. The van der Waals surface area contributed by atoms with Crippen LogP contribution in [0.25, 0.3) is 0 Å². The number of alkyl halides is 3. The highest BCUT2D eigenvalue weighted by Gasteiger charge is 2.38. The molecule has 0 aliphatic carbocycles. The van der Waals surface area contributed by atoms with Crippen LogP contribution in [0.5, 0.6) is 0 Å². The molecule has 1 atom stereocenters. The van der Waals surface area contributed by atoms with Gasteiger partial charge in [-0.15, -0.1) is 0 Å². The van der Waals surface area contributed by atoms with E-state index in [-0.39, 0.29) is 12.1 Å². The first-order valence-electron chi connectivity index (χ1n) is 3.80. The van der Waals surface area contributed by atoms with Crippen molar-refractivity contribution in [2.75, 3.05) is 5.75 Å². The van der Waals surface area contributed by atoms with Crippen LogP contribution >= 0.6 is 0 Å². The molecule has 0 fully saturated rings. The van der Waals surface area contributed by atoms with Gasteiger partial charge in [0.2, 0.25) is 10.6 Å². The van der Waals surface area contributed by atoms with Gasteiger partial charge < -0.3 is 4.55 Å². The summed E-state index contributed by atoms with van der Waals surface area (Å²) in [6.45, 7) is 0. The van der Waals surface area contributed by atoms with Gasteiger partial charge in [-0.25, -0.2) is 13.2 Å². The lowest BCUT2D eigenvalue weighted by atomic mass is 10.3. The topological polar surface area (TPSA) is 23.1 Å². The number of rotatable bonds is 2. The Morgan fingerprint density at radius 1 is 1.06 bits per heavy atom. The summed E-state index contributed by atoms with van der Waals surface area (Å²) in [5.41, 5.74) is 0. The molecule has 0 saturated heterocycles. The Labute approximate surface area is 89.2 Å². The summed E-state index contributed by atoms with van der Waals surface area (Å²) in [5, 5.41) is 0. The highest BCUT2D eigenvalue weighted by Crippen LogP contribution is 2.26. The van der Waals surface area contributed by atoms with E-state index in [0.29, 0.717) is 0 Å². The molecular weight excluding hydrogens is 258 g/mol. The van der Waals surface area contributed by atoms with Gasteiger partial charge in [-0.2, -0.15) is 13.2 Å². The van der Waals surface area contributed by atoms with Crippen molar-refractivity contribution in [2.45, 2.75) is 11.1 Å². The van der Waals surface area contributed by atoms with E-state index in [1.807, 2.05) is 0 Å². The van der Waals surface area contributed by atoms with Crippen LogP contribution in [0.15, 0.2) is 17.0 Å². The van der Waals surface area contributed by atoms with E-state index in [4.69, 9.17) is 0 Å². The fourth-order valence-corrected chi connectivity index (χ4v) is 1.96. The van der Waals surface area contributed by atoms with Crippen LogP contribution < -0.4 is 0 Å². The van der Waals surface area contributed by atoms with E-state index in [1.165, 1.54) is 0 Å². The Morgan fingerprint density at radius 3 is 1.88 bits per heavy atom.